The maximum absolute atomic E-state index is 11.7. The first kappa shape index (κ1) is 12.6. The molecule has 1 N–H and O–H groups in total. The Kier molecular flexibility index (Phi) is 3.36. The summed E-state index contributed by atoms with van der Waals surface area (Å²) in [4.78, 5) is 24.4. The quantitative estimate of drug-likeness (QED) is 0.886. The summed E-state index contributed by atoms with van der Waals surface area (Å²) < 4.78 is 0. The van der Waals surface area contributed by atoms with E-state index in [-0.39, 0.29) is 18.4 Å². The Bertz CT molecular complexity index is 466. The molecule has 1 aliphatic rings. The monoisotopic (exact) mass is 247 g/mol. The van der Waals surface area contributed by atoms with Crippen LogP contribution < -0.4 is 0 Å². The zero-order chi connectivity index (χ0) is 13.3. The van der Waals surface area contributed by atoms with Crippen molar-refractivity contribution in [1.82, 2.24) is 4.90 Å². The van der Waals surface area contributed by atoms with Crippen molar-refractivity contribution >= 4 is 11.9 Å². The summed E-state index contributed by atoms with van der Waals surface area (Å²) in [6.07, 6.45) is 1.04. The fourth-order valence-electron chi connectivity index (χ4n) is 2.50. The second-order valence-corrected chi connectivity index (χ2v) is 4.69. The van der Waals surface area contributed by atoms with Crippen molar-refractivity contribution in [1.29, 1.82) is 0 Å². The number of hydrogen-bond donors (Lipinski definition) is 1. The van der Waals surface area contributed by atoms with Crippen molar-refractivity contribution < 1.29 is 14.7 Å². The number of carboxylic acids is 1. The molecule has 1 aliphatic heterocycles. The van der Waals surface area contributed by atoms with Crippen LogP contribution in [0.3, 0.4) is 0 Å². The summed E-state index contributed by atoms with van der Waals surface area (Å²) >= 11 is 0. The predicted octanol–water partition coefficient (Wildman–Crippen LogP) is 1.85. The second-order valence-electron chi connectivity index (χ2n) is 4.69. The topological polar surface area (TPSA) is 57.6 Å². The van der Waals surface area contributed by atoms with Crippen molar-refractivity contribution in [3.05, 3.63) is 35.4 Å². The van der Waals surface area contributed by atoms with Crippen molar-refractivity contribution in [2.75, 3.05) is 7.05 Å². The van der Waals surface area contributed by atoms with Gasteiger partial charge in [0.2, 0.25) is 5.91 Å². The number of hydrogen-bond acceptors (Lipinski definition) is 2. The van der Waals surface area contributed by atoms with Crippen LogP contribution in [0.1, 0.15) is 30.5 Å². The van der Waals surface area contributed by atoms with Crippen LogP contribution in [0.4, 0.5) is 0 Å². The van der Waals surface area contributed by atoms with Gasteiger partial charge in [-0.15, -0.1) is 0 Å². The van der Waals surface area contributed by atoms with E-state index in [2.05, 4.69) is 6.92 Å². The molecule has 1 heterocycles. The standard InChI is InChI=1S/C14H17NO3/c1-3-9-4-6-10(7-5-9)13-11(14(17)18)8-12(16)15(13)2/h4-7,11,13H,3,8H2,1-2H3,(H,17,18)/t11-,13+/m1/s1. The molecule has 96 valence electrons. The molecule has 0 spiro atoms. The lowest BCUT2D eigenvalue weighted by Crippen LogP contribution is -2.26. The summed E-state index contributed by atoms with van der Waals surface area (Å²) in [6.45, 7) is 2.07. The van der Waals surface area contributed by atoms with E-state index >= 15 is 0 Å². The van der Waals surface area contributed by atoms with Gasteiger partial charge in [-0.05, 0) is 17.5 Å². The molecule has 18 heavy (non-hydrogen) atoms. The molecule has 0 aliphatic carbocycles. The molecule has 0 unspecified atom stereocenters. The lowest BCUT2D eigenvalue weighted by atomic mass is 9.93. The average Bonchev–Trinajstić information content (AvgIpc) is 2.66. The van der Waals surface area contributed by atoms with E-state index < -0.39 is 11.9 Å². The third-order valence-electron chi connectivity index (χ3n) is 3.63. The fraction of sp³-hybridized carbons (Fsp3) is 0.429. The number of amides is 1. The first-order chi connectivity index (χ1) is 8.54. The van der Waals surface area contributed by atoms with Crippen molar-refractivity contribution in [3.63, 3.8) is 0 Å². The van der Waals surface area contributed by atoms with Gasteiger partial charge in [-0.3, -0.25) is 9.59 Å². The summed E-state index contributed by atoms with van der Waals surface area (Å²) in [6, 6.07) is 7.49. The van der Waals surface area contributed by atoms with Gasteiger partial charge in [0, 0.05) is 13.5 Å². The summed E-state index contributed by atoms with van der Waals surface area (Å²) in [5, 5.41) is 9.20. The highest BCUT2D eigenvalue weighted by atomic mass is 16.4. The van der Waals surface area contributed by atoms with E-state index in [9.17, 15) is 14.7 Å². The van der Waals surface area contributed by atoms with E-state index in [1.54, 1.807) is 11.9 Å². The summed E-state index contributed by atoms with van der Waals surface area (Å²) in [5.41, 5.74) is 2.10. The number of carbonyl (C=O) groups excluding carboxylic acids is 1. The van der Waals surface area contributed by atoms with Gasteiger partial charge >= 0.3 is 5.97 Å². The van der Waals surface area contributed by atoms with E-state index in [1.165, 1.54) is 5.56 Å². The zero-order valence-corrected chi connectivity index (χ0v) is 10.6. The molecule has 4 nitrogen and oxygen atoms in total. The lowest BCUT2D eigenvalue weighted by Gasteiger charge is -2.23. The van der Waals surface area contributed by atoms with Crippen LogP contribution in [-0.2, 0) is 16.0 Å². The van der Waals surface area contributed by atoms with E-state index in [0.29, 0.717) is 0 Å². The SMILES string of the molecule is CCc1ccc([C@H]2[C@H](C(=O)O)CC(=O)N2C)cc1. The van der Waals surface area contributed by atoms with Crippen molar-refractivity contribution in [2.24, 2.45) is 5.92 Å². The van der Waals surface area contributed by atoms with Gasteiger partial charge < -0.3 is 10.0 Å². The maximum atomic E-state index is 11.7. The van der Waals surface area contributed by atoms with Gasteiger partial charge in [0.15, 0.2) is 0 Å². The van der Waals surface area contributed by atoms with Crippen molar-refractivity contribution in [3.8, 4) is 0 Å². The molecule has 0 aromatic heterocycles. The summed E-state index contributed by atoms with van der Waals surface area (Å²) in [5.74, 6) is -1.65. The molecule has 2 atom stereocenters. The van der Waals surface area contributed by atoms with E-state index in [1.807, 2.05) is 24.3 Å². The highest BCUT2D eigenvalue weighted by molar-refractivity contribution is 5.87. The van der Waals surface area contributed by atoms with Gasteiger partial charge in [0.05, 0.1) is 12.0 Å². The molecular formula is C14H17NO3. The number of aliphatic carboxylic acids is 1. The number of nitrogens with zero attached hydrogens (tertiary/aromatic N) is 1. The zero-order valence-electron chi connectivity index (χ0n) is 10.6. The Morgan fingerprint density at radius 3 is 2.50 bits per heavy atom. The number of likely N-dealkylation sites (tertiary alicyclic amines) is 1. The molecule has 4 heteroatoms. The molecule has 0 saturated carbocycles. The molecule has 0 bridgehead atoms. The Morgan fingerprint density at radius 1 is 1.39 bits per heavy atom. The van der Waals surface area contributed by atoms with Crippen molar-refractivity contribution in [2.45, 2.75) is 25.8 Å². The number of carbonyl (C=O) groups is 2. The Hall–Kier alpha value is -1.84. The number of carboxylic acid groups (broad SMARTS) is 1. The van der Waals surface area contributed by atoms with Gasteiger partial charge in [-0.2, -0.15) is 0 Å². The molecule has 1 saturated heterocycles. The third-order valence-corrected chi connectivity index (χ3v) is 3.63. The van der Waals surface area contributed by atoms with Gasteiger partial charge in [-0.25, -0.2) is 0 Å². The normalized spacial score (nSPS) is 23.4. The highest BCUT2D eigenvalue weighted by Crippen LogP contribution is 2.37. The number of rotatable bonds is 3. The van der Waals surface area contributed by atoms with Crippen LogP contribution in [0.5, 0.6) is 0 Å². The van der Waals surface area contributed by atoms with Gasteiger partial charge in [0.25, 0.3) is 0 Å². The minimum atomic E-state index is -0.905. The minimum Gasteiger partial charge on any atom is -0.481 e. The largest absolute Gasteiger partial charge is 0.481 e. The third kappa shape index (κ3) is 2.10. The van der Waals surface area contributed by atoms with Crippen LogP contribution >= 0.6 is 0 Å². The lowest BCUT2D eigenvalue weighted by molar-refractivity contribution is -0.142. The molecule has 2 rings (SSSR count). The molecular weight excluding hydrogens is 230 g/mol. The van der Waals surface area contributed by atoms with Crippen LogP contribution in [0.15, 0.2) is 24.3 Å². The average molecular weight is 247 g/mol. The minimum absolute atomic E-state index is 0.0893. The van der Waals surface area contributed by atoms with Gasteiger partial charge in [0.1, 0.15) is 0 Å². The summed E-state index contributed by atoms with van der Waals surface area (Å²) in [7, 11) is 1.67. The van der Waals surface area contributed by atoms with Crippen LogP contribution in [0.2, 0.25) is 0 Å². The van der Waals surface area contributed by atoms with Gasteiger partial charge in [-0.1, -0.05) is 31.2 Å². The maximum Gasteiger partial charge on any atom is 0.309 e. The van der Waals surface area contributed by atoms with Crippen LogP contribution in [0, 0.1) is 5.92 Å². The first-order valence-electron chi connectivity index (χ1n) is 6.12. The Morgan fingerprint density at radius 2 is 2.00 bits per heavy atom. The molecule has 1 amide bonds. The van der Waals surface area contributed by atoms with Crippen LogP contribution in [-0.4, -0.2) is 28.9 Å². The molecule has 1 aromatic carbocycles. The Labute approximate surface area is 106 Å². The molecule has 0 radical (unpaired) electrons. The molecule has 1 fully saturated rings. The Balaban J connectivity index is 2.33. The molecule has 1 aromatic rings. The fourth-order valence-corrected chi connectivity index (χ4v) is 2.50. The van der Waals surface area contributed by atoms with E-state index in [4.69, 9.17) is 0 Å². The first-order valence-corrected chi connectivity index (χ1v) is 6.12. The number of benzene rings is 1. The highest BCUT2D eigenvalue weighted by Gasteiger charge is 2.42. The predicted molar refractivity (Wildman–Crippen MR) is 67.1 cm³/mol. The van der Waals surface area contributed by atoms with E-state index in [0.717, 1.165) is 12.0 Å². The second kappa shape index (κ2) is 4.80. The number of aryl methyl sites for hydroxylation is 1. The smallest absolute Gasteiger partial charge is 0.309 e. The van der Waals surface area contributed by atoms with Crippen LogP contribution in [0.25, 0.3) is 0 Å².